The molecule has 4 nitrogen and oxygen atoms in total. The molecule has 2 fully saturated rings. The van der Waals surface area contributed by atoms with Gasteiger partial charge in [0.15, 0.2) is 0 Å². The van der Waals surface area contributed by atoms with E-state index in [0.29, 0.717) is 5.75 Å². The average molecular weight is 321 g/mol. The molecule has 1 amide bonds. The number of hydrogen-bond acceptors (Lipinski definition) is 3. The van der Waals surface area contributed by atoms with E-state index in [4.69, 9.17) is 4.74 Å². The first-order valence-electron chi connectivity index (χ1n) is 8.16. The van der Waals surface area contributed by atoms with Crippen molar-refractivity contribution < 1.29 is 14.4 Å². The second kappa shape index (κ2) is 7.38. The Labute approximate surface area is 136 Å². The van der Waals surface area contributed by atoms with Crippen molar-refractivity contribution in [3.05, 3.63) is 29.8 Å². The molecule has 1 aromatic rings. The summed E-state index contributed by atoms with van der Waals surface area (Å²) in [6.45, 7) is 4.49. The van der Waals surface area contributed by atoms with Crippen molar-refractivity contribution in [2.75, 3.05) is 39.0 Å². The lowest BCUT2D eigenvalue weighted by atomic mass is 10.1. The Morgan fingerprint density at radius 3 is 2.64 bits per heavy atom. The molecule has 1 unspecified atom stereocenters. The van der Waals surface area contributed by atoms with Crippen LogP contribution in [0.1, 0.15) is 30.2 Å². The van der Waals surface area contributed by atoms with Gasteiger partial charge in [0, 0.05) is 0 Å². The van der Waals surface area contributed by atoms with Gasteiger partial charge >= 0.3 is 0 Å². The van der Waals surface area contributed by atoms with E-state index in [-0.39, 0.29) is 11.3 Å². The number of benzene rings is 1. The standard InChI is InChI=1S/C17H24N2O2S/c1-21-15-7-5-14(6-8-15)17-19(16(20)13-22-17)12-11-18-9-3-2-4-10-18/h5-8,17H,2-4,9-13H2,1H3/p+1. The SMILES string of the molecule is COc1ccc(C2SCC(=O)N2CC[NH+]2CCCCC2)cc1. The van der Waals surface area contributed by atoms with E-state index in [1.54, 1.807) is 23.8 Å². The van der Waals surface area contributed by atoms with Gasteiger partial charge < -0.3 is 14.5 Å². The van der Waals surface area contributed by atoms with Gasteiger partial charge in [0.05, 0.1) is 39.0 Å². The minimum absolute atomic E-state index is 0.169. The lowest BCUT2D eigenvalue weighted by molar-refractivity contribution is -0.904. The first-order valence-corrected chi connectivity index (χ1v) is 9.21. The molecule has 0 radical (unpaired) electrons. The Kier molecular flexibility index (Phi) is 5.26. The second-order valence-electron chi connectivity index (χ2n) is 6.08. The molecule has 120 valence electrons. The number of rotatable bonds is 5. The smallest absolute Gasteiger partial charge is 0.234 e. The van der Waals surface area contributed by atoms with Crippen molar-refractivity contribution >= 4 is 17.7 Å². The molecule has 2 heterocycles. The van der Waals surface area contributed by atoms with Crippen LogP contribution in [0.25, 0.3) is 0 Å². The molecule has 2 saturated heterocycles. The second-order valence-corrected chi connectivity index (χ2v) is 7.15. The maximum absolute atomic E-state index is 12.2. The molecule has 1 aromatic carbocycles. The van der Waals surface area contributed by atoms with E-state index in [1.807, 2.05) is 12.1 Å². The van der Waals surface area contributed by atoms with E-state index >= 15 is 0 Å². The number of carbonyl (C=O) groups excluding carboxylic acids is 1. The van der Waals surface area contributed by atoms with Crippen LogP contribution in [0.15, 0.2) is 24.3 Å². The fraction of sp³-hybridized carbons (Fsp3) is 0.588. The summed E-state index contributed by atoms with van der Waals surface area (Å²) in [6.07, 6.45) is 4.04. The zero-order valence-corrected chi connectivity index (χ0v) is 14.0. The van der Waals surface area contributed by atoms with Crippen LogP contribution in [0.3, 0.4) is 0 Å². The highest BCUT2D eigenvalue weighted by Gasteiger charge is 2.33. The number of amides is 1. The summed E-state index contributed by atoms with van der Waals surface area (Å²) in [4.78, 5) is 15.9. The third-order valence-corrected chi connectivity index (χ3v) is 5.89. The molecule has 3 rings (SSSR count). The van der Waals surface area contributed by atoms with Crippen LogP contribution in [0.2, 0.25) is 0 Å². The topological polar surface area (TPSA) is 34.0 Å². The first kappa shape index (κ1) is 15.7. The molecular weight excluding hydrogens is 296 g/mol. The van der Waals surface area contributed by atoms with Crippen molar-refractivity contribution in [2.24, 2.45) is 0 Å². The molecule has 0 bridgehead atoms. The summed E-state index contributed by atoms with van der Waals surface area (Å²) in [7, 11) is 1.68. The number of methoxy groups -OCH3 is 1. The Morgan fingerprint density at radius 2 is 1.95 bits per heavy atom. The zero-order valence-electron chi connectivity index (χ0n) is 13.2. The largest absolute Gasteiger partial charge is 0.497 e. The van der Waals surface area contributed by atoms with Crippen molar-refractivity contribution in [1.82, 2.24) is 4.90 Å². The molecule has 0 spiro atoms. The summed E-state index contributed by atoms with van der Waals surface area (Å²) in [5, 5.41) is 0.169. The summed E-state index contributed by atoms with van der Waals surface area (Å²) < 4.78 is 5.22. The number of likely N-dealkylation sites (tertiary alicyclic amines) is 1. The molecule has 0 aromatic heterocycles. The van der Waals surface area contributed by atoms with Crippen LogP contribution < -0.4 is 9.64 Å². The fourth-order valence-electron chi connectivity index (χ4n) is 3.32. The highest BCUT2D eigenvalue weighted by molar-refractivity contribution is 8.00. The van der Waals surface area contributed by atoms with Crippen molar-refractivity contribution in [1.29, 1.82) is 0 Å². The fourth-order valence-corrected chi connectivity index (χ4v) is 4.54. The molecule has 22 heavy (non-hydrogen) atoms. The predicted molar refractivity (Wildman–Crippen MR) is 89.3 cm³/mol. The molecule has 5 heteroatoms. The monoisotopic (exact) mass is 321 g/mol. The van der Waals surface area contributed by atoms with Crippen LogP contribution in [0, 0.1) is 0 Å². The first-order chi connectivity index (χ1) is 10.8. The van der Waals surface area contributed by atoms with E-state index in [1.165, 1.54) is 37.9 Å². The van der Waals surface area contributed by atoms with Gasteiger partial charge in [-0.25, -0.2) is 0 Å². The number of nitrogens with one attached hydrogen (secondary N) is 1. The van der Waals surface area contributed by atoms with Gasteiger partial charge in [-0.05, 0) is 37.0 Å². The molecule has 2 aliphatic rings. The highest BCUT2D eigenvalue weighted by Crippen LogP contribution is 2.38. The number of hydrogen-bond donors (Lipinski definition) is 1. The summed E-state index contributed by atoms with van der Waals surface area (Å²) in [5.41, 5.74) is 1.20. The van der Waals surface area contributed by atoms with E-state index in [0.717, 1.165) is 18.8 Å². The lowest BCUT2D eigenvalue weighted by Crippen LogP contribution is -3.13. The van der Waals surface area contributed by atoms with Gasteiger partial charge in [0.1, 0.15) is 11.1 Å². The van der Waals surface area contributed by atoms with Crippen molar-refractivity contribution in [2.45, 2.75) is 24.6 Å². The van der Waals surface area contributed by atoms with Crippen LogP contribution in [-0.4, -0.2) is 49.8 Å². The average Bonchev–Trinajstić information content (AvgIpc) is 2.95. The minimum atomic E-state index is 0.169. The molecule has 2 aliphatic heterocycles. The molecular formula is C17H25N2O2S+. The number of ether oxygens (including phenoxy) is 1. The Hall–Kier alpha value is -1.20. The van der Waals surface area contributed by atoms with Crippen LogP contribution in [0.5, 0.6) is 5.75 Å². The van der Waals surface area contributed by atoms with Gasteiger partial charge in [-0.15, -0.1) is 11.8 Å². The Balaban J connectivity index is 1.63. The number of nitrogens with zero attached hydrogens (tertiary/aromatic N) is 1. The minimum Gasteiger partial charge on any atom is -0.497 e. The normalized spacial score (nSPS) is 23.0. The van der Waals surface area contributed by atoms with Gasteiger partial charge in [-0.2, -0.15) is 0 Å². The number of piperidine rings is 1. The highest BCUT2D eigenvalue weighted by atomic mass is 32.2. The molecule has 1 N–H and O–H groups in total. The van der Waals surface area contributed by atoms with E-state index < -0.39 is 0 Å². The van der Waals surface area contributed by atoms with Gasteiger partial charge in [0.2, 0.25) is 5.91 Å². The predicted octanol–water partition coefficient (Wildman–Crippen LogP) is 1.34. The van der Waals surface area contributed by atoms with Crippen molar-refractivity contribution in [3.8, 4) is 5.75 Å². The third kappa shape index (κ3) is 3.58. The number of thioether (sulfide) groups is 1. The Morgan fingerprint density at radius 1 is 1.23 bits per heavy atom. The van der Waals surface area contributed by atoms with E-state index in [2.05, 4.69) is 17.0 Å². The molecule has 1 atom stereocenters. The summed E-state index contributed by atoms with van der Waals surface area (Å²) in [6, 6.07) is 8.12. The molecule has 0 aliphatic carbocycles. The van der Waals surface area contributed by atoms with Crippen LogP contribution in [-0.2, 0) is 4.79 Å². The number of quaternary nitrogens is 1. The molecule has 0 saturated carbocycles. The zero-order chi connectivity index (χ0) is 15.4. The summed E-state index contributed by atoms with van der Waals surface area (Å²) >= 11 is 1.74. The lowest BCUT2D eigenvalue weighted by Gasteiger charge is -2.28. The van der Waals surface area contributed by atoms with Gasteiger partial charge in [-0.1, -0.05) is 12.1 Å². The summed E-state index contributed by atoms with van der Waals surface area (Å²) in [5.74, 6) is 1.75. The quantitative estimate of drug-likeness (QED) is 0.889. The third-order valence-electron chi connectivity index (χ3n) is 4.64. The van der Waals surface area contributed by atoms with Gasteiger partial charge in [0.25, 0.3) is 0 Å². The van der Waals surface area contributed by atoms with Crippen LogP contribution >= 0.6 is 11.8 Å². The maximum Gasteiger partial charge on any atom is 0.234 e. The number of carbonyl (C=O) groups is 1. The van der Waals surface area contributed by atoms with Crippen molar-refractivity contribution in [3.63, 3.8) is 0 Å². The Bertz CT molecular complexity index is 500. The van der Waals surface area contributed by atoms with Crippen LogP contribution in [0.4, 0.5) is 0 Å². The maximum atomic E-state index is 12.2. The van der Waals surface area contributed by atoms with Gasteiger partial charge in [-0.3, -0.25) is 4.79 Å². The van der Waals surface area contributed by atoms with E-state index in [9.17, 15) is 4.79 Å².